The van der Waals surface area contributed by atoms with Crippen molar-refractivity contribution < 1.29 is 0 Å². The maximum atomic E-state index is 4.26. The van der Waals surface area contributed by atoms with E-state index in [-0.39, 0.29) is 0 Å². The molecule has 2 aromatic rings. The van der Waals surface area contributed by atoms with Crippen LogP contribution in [0.15, 0.2) is 43.5 Å². The van der Waals surface area contributed by atoms with Gasteiger partial charge in [-0.05, 0) is 24.0 Å². The van der Waals surface area contributed by atoms with Crippen LogP contribution in [0.3, 0.4) is 0 Å². The summed E-state index contributed by atoms with van der Waals surface area (Å²) in [5.74, 6) is 0.717. The lowest BCUT2D eigenvalue weighted by Gasteiger charge is -2.23. The molecule has 1 aliphatic rings. The van der Waals surface area contributed by atoms with E-state index in [1.165, 1.54) is 17.5 Å². The molecule has 0 aliphatic carbocycles. The van der Waals surface area contributed by atoms with Gasteiger partial charge in [-0.1, -0.05) is 19.6 Å². The zero-order valence-electron chi connectivity index (χ0n) is 11.8. The standard InChI is InChI=1S/C16H20N4/c1-3-20-12-14(8-18-20)11-19-10-13(2)7-16(19)15-5-4-6-17-9-15/h3-6,8-9,12-13,16H,1,7,10-11H2,2H3/t13-,16-/m1/s1. The SMILES string of the molecule is C=Cn1cc(CN2C[C@H](C)C[C@@H]2c2cccnc2)cn1. The molecule has 4 heteroatoms. The van der Waals surface area contributed by atoms with Crippen LogP contribution in [-0.4, -0.2) is 26.2 Å². The summed E-state index contributed by atoms with van der Waals surface area (Å²) in [5, 5.41) is 4.25. The van der Waals surface area contributed by atoms with E-state index in [1.807, 2.05) is 30.9 Å². The molecule has 0 saturated carbocycles. The number of hydrogen-bond donors (Lipinski definition) is 0. The molecular weight excluding hydrogens is 248 g/mol. The molecule has 3 heterocycles. The maximum Gasteiger partial charge on any atom is 0.0539 e. The number of nitrogens with zero attached hydrogens (tertiary/aromatic N) is 4. The van der Waals surface area contributed by atoms with Gasteiger partial charge in [-0.2, -0.15) is 5.10 Å². The number of aromatic nitrogens is 3. The van der Waals surface area contributed by atoms with E-state index in [0.717, 1.165) is 19.0 Å². The first-order valence-electron chi connectivity index (χ1n) is 7.06. The summed E-state index contributed by atoms with van der Waals surface area (Å²) in [6, 6.07) is 4.66. The van der Waals surface area contributed by atoms with Gasteiger partial charge >= 0.3 is 0 Å². The summed E-state index contributed by atoms with van der Waals surface area (Å²) in [6.45, 7) is 8.10. The molecule has 4 nitrogen and oxygen atoms in total. The van der Waals surface area contributed by atoms with E-state index in [9.17, 15) is 0 Å². The number of hydrogen-bond acceptors (Lipinski definition) is 3. The van der Waals surface area contributed by atoms with Gasteiger partial charge in [-0.3, -0.25) is 9.88 Å². The Balaban J connectivity index is 1.78. The third kappa shape index (κ3) is 2.65. The highest BCUT2D eigenvalue weighted by Crippen LogP contribution is 2.35. The predicted molar refractivity (Wildman–Crippen MR) is 79.8 cm³/mol. The van der Waals surface area contributed by atoms with Gasteiger partial charge in [0.05, 0.1) is 6.20 Å². The van der Waals surface area contributed by atoms with Crippen LogP contribution in [0.4, 0.5) is 0 Å². The molecule has 0 N–H and O–H groups in total. The molecule has 3 rings (SSSR count). The Bertz CT molecular complexity index is 575. The van der Waals surface area contributed by atoms with Gasteiger partial charge in [0.1, 0.15) is 0 Å². The molecule has 2 atom stereocenters. The van der Waals surface area contributed by atoms with Crippen molar-refractivity contribution in [3.63, 3.8) is 0 Å². The molecule has 20 heavy (non-hydrogen) atoms. The molecule has 104 valence electrons. The Morgan fingerprint density at radius 1 is 1.45 bits per heavy atom. The molecule has 0 amide bonds. The lowest BCUT2D eigenvalue weighted by Crippen LogP contribution is -2.23. The fourth-order valence-corrected chi connectivity index (χ4v) is 3.02. The van der Waals surface area contributed by atoms with Gasteiger partial charge in [0.15, 0.2) is 0 Å². The van der Waals surface area contributed by atoms with Crippen molar-refractivity contribution >= 4 is 6.20 Å². The first-order valence-corrected chi connectivity index (χ1v) is 7.06. The Hall–Kier alpha value is -1.94. The fourth-order valence-electron chi connectivity index (χ4n) is 3.02. The van der Waals surface area contributed by atoms with Crippen molar-refractivity contribution in [2.24, 2.45) is 5.92 Å². The highest BCUT2D eigenvalue weighted by atomic mass is 15.3. The van der Waals surface area contributed by atoms with Crippen molar-refractivity contribution in [2.75, 3.05) is 6.54 Å². The van der Waals surface area contributed by atoms with Crippen LogP contribution in [0.1, 0.15) is 30.5 Å². The minimum absolute atomic E-state index is 0.464. The van der Waals surface area contributed by atoms with Crippen molar-refractivity contribution in [3.05, 3.63) is 54.6 Å². The van der Waals surface area contributed by atoms with Gasteiger partial charge < -0.3 is 0 Å². The summed E-state index contributed by atoms with van der Waals surface area (Å²) in [4.78, 5) is 6.78. The van der Waals surface area contributed by atoms with Gasteiger partial charge in [0.2, 0.25) is 0 Å². The van der Waals surface area contributed by atoms with E-state index in [0.29, 0.717) is 6.04 Å². The Morgan fingerprint density at radius 2 is 2.35 bits per heavy atom. The molecule has 0 spiro atoms. The van der Waals surface area contributed by atoms with Gasteiger partial charge in [0.25, 0.3) is 0 Å². The lowest BCUT2D eigenvalue weighted by atomic mass is 10.0. The summed E-state index contributed by atoms with van der Waals surface area (Å²) < 4.78 is 1.76. The monoisotopic (exact) mass is 268 g/mol. The maximum absolute atomic E-state index is 4.26. The summed E-state index contributed by atoms with van der Waals surface area (Å²) in [7, 11) is 0. The molecule has 0 bridgehead atoms. The van der Waals surface area contributed by atoms with Crippen LogP contribution in [0.5, 0.6) is 0 Å². The third-order valence-electron chi connectivity index (χ3n) is 3.91. The number of rotatable bonds is 4. The largest absolute Gasteiger partial charge is 0.292 e. The van der Waals surface area contributed by atoms with Crippen LogP contribution in [0.2, 0.25) is 0 Å². The van der Waals surface area contributed by atoms with Gasteiger partial charge in [0, 0.05) is 49.5 Å². The molecule has 1 saturated heterocycles. The predicted octanol–water partition coefficient (Wildman–Crippen LogP) is 2.96. The van der Waals surface area contributed by atoms with Crippen molar-refractivity contribution in [1.29, 1.82) is 0 Å². The fraction of sp³-hybridized carbons (Fsp3) is 0.375. The molecule has 0 aromatic carbocycles. The molecular formula is C16H20N4. The highest BCUT2D eigenvalue weighted by molar-refractivity contribution is 5.20. The van der Waals surface area contributed by atoms with Crippen LogP contribution in [0, 0.1) is 5.92 Å². The average Bonchev–Trinajstić information content (AvgIpc) is 3.07. The van der Waals surface area contributed by atoms with E-state index >= 15 is 0 Å². The highest BCUT2D eigenvalue weighted by Gasteiger charge is 2.30. The normalized spacial score (nSPS) is 23.1. The molecule has 1 fully saturated rings. The van der Waals surface area contributed by atoms with Crippen LogP contribution in [0.25, 0.3) is 6.20 Å². The van der Waals surface area contributed by atoms with E-state index in [1.54, 1.807) is 10.9 Å². The molecule has 0 unspecified atom stereocenters. The Kier molecular flexibility index (Phi) is 3.65. The Morgan fingerprint density at radius 3 is 3.05 bits per heavy atom. The van der Waals surface area contributed by atoms with Crippen LogP contribution in [-0.2, 0) is 6.54 Å². The second-order valence-electron chi connectivity index (χ2n) is 5.58. The van der Waals surface area contributed by atoms with Crippen molar-refractivity contribution in [1.82, 2.24) is 19.7 Å². The number of pyridine rings is 1. The minimum Gasteiger partial charge on any atom is -0.292 e. The van der Waals surface area contributed by atoms with E-state index in [2.05, 4.69) is 34.6 Å². The van der Waals surface area contributed by atoms with Crippen LogP contribution < -0.4 is 0 Å². The zero-order valence-corrected chi connectivity index (χ0v) is 11.8. The summed E-state index contributed by atoms with van der Waals surface area (Å²) >= 11 is 0. The first kappa shape index (κ1) is 13.1. The van der Waals surface area contributed by atoms with Crippen molar-refractivity contribution in [2.45, 2.75) is 25.9 Å². The minimum atomic E-state index is 0.464. The smallest absolute Gasteiger partial charge is 0.0539 e. The lowest BCUT2D eigenvalue weighted by molar-refractivity contribution is 0.245. The average molecular weight is 268 g/mol. The Labute approximate surface area is 119 Å². The number of likely N-dealkylation sites (tertiary alicyclic amines) is 1. The molecule has 0 radical (unpaired) electrons. The third-order valence-corrected chi connectivity index (χ3v) is 3.91. The van der Waals surface area contributed by atoms with E-state index < -0.39 is 0 Å². The van der Waals surface area contributed by atoms with Crippen LogP contribution >= 0.6 is 0 Å². The summed E-state index contributed by atoms with van der Waals surface area (Å²) in [5.41, 5.74) is 2.54. The second kappa shape index (κ2) is 5.59. The zero-order chi connectivity index (χ0) is 13.9. The first-order chi connectivity index (χ1) is 9.76. The van der Waals surface area contributed by atoms with Gasteiger partial charge in [-0.15, -0.1) is 0 Å². The van der Waals surface area contributed by atoms with Gasteiger partial charge in [-0.25, -0.2) is 4.68 Å². The topological polar surface area (TPSA) is 34.0 Å². The second-order valence-corrected chi connectivity index (χ2v) is 5.58. The van der Waals surface area contributed by atoms with E-state index in [4.69, 9.17) is 0 Å². The quantitative estimate of drug-likeness (QED) is 0.855. The summed E-state index contributed by atoms with van der Waals surface area (Å²) in [6.07, 6.45) is 10.7. The molecule has 2 aromatic heterocycles. The van der Waals surface area contributed by atoms with Crippen molar-refractivity contribution in [3.8, 4) is 0 Å². The molecule has 1 aliphatic heterocycles.